The fraction of sp³-hybridized carbons (Fsp3) is 0.500. The second-order valence-electron chi connectivity index (χ2n) is 4.72. The van der Waals surface area contributed by atoms with Gasteiger partial charge in [-0.25, -0.2) is 0 Å². The second kappa shape index (κ2) is 7.47. The third kappa shape index (κ3) is 4.10. The van der Waals surface area contributed by atoms with Crippen LogP contribution in [-0.2, 0) is 4.74 Å². The normalized spacial score (nSPS) is 14.7. The zero-order chi connectivity index (χ0) is 14.4. The summed E-state index contributed by atoms with van der Waals surface area (Å²) in [4.78, 5) is 12.2. The minimum atomic E-state index is -0.160. The summed E-state index contributed by atoms with van der Waals surface area (Å²) in [5.41, 5.74) is 0.459. The lowest BCUT2D eigenvalue weighted by Gasteiger charge is -2.27. The van der Waals surface area contributed by atoms with E-state index in [9.17, 15) is 4.79 Å². The van der Waals surface area contributed by atoms with Crippen LogP contribution in [0.2, 0.25) is 5.02 Å². The van der Waals surface area contributed by atoms with Gasteiger partial charge in [-0.1, -0.05) is 11.6 Å². The average molecular weight is 299 g/mol. The van der Waals surface area contributed by atoms with Gasteiger partial charge in [-0.3, -0.25) is 4.79 Å². The molecule has 5 nitrogen and oxygen atoms in total. The highest BCUT2D eigenvalue weighted by atomic mass is 35.5. The first kappa shape index (κ1) is 15.1. The minimum absolute atomic E-state index is 0.160. The van der Waals surface area contributed by atoms with Crippen LogP contribution in [0.3, 0.4) is 0 Å². The zero-order valence-electron chi connectivity index (χ0n) is 11.4. The van der Waals surface area contributed by atoms with Crippen molar-refractivity contribution in [1.29, 1.82) is 0 Å². The van der Waals surface area contributed by atoms with E-state index in [-0.39, 0.29) is 5.91 Å². The van der Waals surface area contributed by atoms with Crippen molar-refractivity contribution >= 4 is 17.5 Å². The molecule has 0 radical (unpaired) electrons. The van der Waals surface area contributed by atoms with Gasteiger partial charge >= 0.3 is 0 Å². The molecule has 0 saturated carbocycles. The Labute approximate surface area is 123 Å². The first-order valence-corrected chi connectivity index (χ1v) is 6.98. The molecule has 1 saturated heterocycles. The van der Waals surface area contributed by atoms with Crippen molar-refractivity contribution in [3.05, 3.63) is 28.8 Å². The van der Waals surface area contributed by atoms with Gasteiger partial charge in [0.15, 0.2) is 0 Å². The van der Waals surface area contributed by atoms with Crippen molar-refractivity contribution in [2.24, 2.45) is 5.92 Å². The summed E-state index contributed by atoms with van der Waals surface area (Å²) in [6, 6.07) is 5.03. The Balaban J connectivity index is 1.98. The van der Waals surface area contributed by atoms with E-state index in [4.69, 9.17) is 21.1 Å². The number of hydrogen-bond acceptors (Lipinski definition) is 4. The SMILES string of the molecule is COCCOc1ccc(Cl)cc1C(=O)NCC1CNC1. The Kier molecular flexibility index (Phi) is 5.64. The smallest absolute Gasteiger partial charge is 0.255 e. The van der Waals surface area contributed by atoms with Crippen LogP contribution in [0.25, 0.3) is 0 Å². The molecule has 0 atom stereocenters. The van der Waals surface area contributed by atoms with Crippen LogP contribution in [0.4, 0.5) is 0 Å². The van der Waals surface area contributed by atoms with E-state index in [0.29, 0.717) is 42.0 Å². The number of amides is 1. The maximum absolute atomic E-state index is 12.2. The van der Waals surface area contributed by atoms with Crippen LogP contribution in [0, 0.1) is 5.92 Å². The molecule has 2 N–H and O–H groups in total. The Bertz CT molecular complexity index is 464. The maximum Gasteiger partial charge on any atom is 0.255 e. The fourth-order valence-electron chi connectivity index (χ4n) is 1.87. The van der Waals surface area contributed by atoms with Crippen LogP contribution >= 0.6 is 11.6 Å². The summed E-state index contributed by atoms with van der Waals surface area (Å²) in [5, 5.41) is 6.59. The number of hydrogen-bond donors (Lipinski definition) is 2. The van der Waals surface area contributed by atoms with Gasteiger partial charge in [0.05, 0.1) is 12.2 Å². The van der Waals surface area contributed by atoms with E-state index < -0.39 is 0 Å². The van der Waals surface area contributed by atoms with Crippen molar-refractivity contribution in [1.82, 2.24) is 10.6 Å². The molecule has 1 amide bonds. The van der Waals surface area contributed by atoms with Gasteiger partial charge in [-0.05, 0) is 18.2 Å². The summed E-state index contributed by atoms with van der Waals surface area (Å²) in [5.74, 6) is 0.874. The van der Waals surface area contributed by atoms with Crippen LogP contribution in [-0.4, -0.2) is 45.9 Å². The van der Waals surface area contributed by atoms with Crippen LogP contribution in [0.5, 0.6) is 5.75 Å². The highest BCUT2D eigenvalue weighted by Crippen LogP contribution is 2.23. The van der Waals surface area contributed by atoms with Crippen molar-refractivity contribution in [2.75, 3.05) is 40.0 Å². The monoisotopic (exact) mass is 298 g/mol. The third-order valence-corrected chi connectivity index (χ3v) is 3.38. The molecule has 1 aromatic rings. The van der Waals surface area contributed by atoms with Crippen molar-refractivity contribution in [3.8, 4) is 5.75 Å². The fourth-order valence-corrected chi connectivity index (χ4v) is 2.04. The number of rotatable bonds is 7. The number of nitrogens with one attached hydrogen (secondary N) is 2. The molecule has 0 unspecified atom stereocenters. The summed E-state index contributed by atoms with van der Waals surface area (Å²) >= 11 is 5.95. The summed E-state index contributed by atoms with van der Waals surface area (Å²) < 4.78 is 10.5. The molecule has 2 rings (SSSR count). The summed E-state index contributed by atoms with van der Waals surface area (Å²) in [6.07, 6.45) is 0. The molecule has 20 heavy (non-hydrogen) atoms. The Morgan fingerprint density at radius 2 is 2.25 bits per heavy atom. The molecular formula is C14H19ClN2O3. The van der Waals surface area contributed by atoms with E-state index in [1.54, 1.807) is 25.3 Å². The lowest BCUT2D eigenvalue weighted by atomic mass is 10.0. The number of benzene rings is 1. The summed E-state index contributed by atoms with van der Waals surface area (Å²) in [7, 11) is 1.60. The standard InChI is InChI=1S/C14H19ClN2O3/c1-19-4-5-20-13-3-2-11(15)6-12(13)14(18)17-9-10-7-16-8-10/h2-3,6,10,16H,4-5,7-9H2,1H3,(H,17,18). The topological polar surface area (TPSA) is 59.6 Å². The quantitative estimate of drug-likeness (QED) is 0.745. The first-order valence-electron chi connectivity index (χ1n) is 6.61. The highest BCUT2D eigenvalue weighted by molar-refractivity contribution is 6.31. The molecule has 0 spiro atoms. The van der Waals surface area contributed by atoms with Gasteiger partial charge in [-0.15, -0.1) is 0 Å². The van der Waals surface area contributed by atoms with Crippen molar-refractivity contribution in [3.63, 3.8) is 0 Å². The molecule has 0 bridgehead atoms. The number of ether oxygens (including phenoxy) is 2. The van der Waals surface area contributed by atoms with E-state index in [0.717, 1.165) is 13.1 Å². The second-order valence-corrected chi connectivity index (χ2v) is 5.15. The molecule has 110 valence electrons. The van der Waals surface area contributed by atoms with Gasteiger partial charge in [-0.2, -0.15) is 0 Å². The van der Waals surface area contributed by atoms with Gasteiger partial charge in [0.2, 0.25) is 0 Å². The van der Waals surface area contributed by atoms with Gasteiger partial charge in [0.25, 0.3) is 5.91 Å². The molecule has 6 heteroatoms. The van der Waals surface area contributed by atoms with Crippen LogP contribution in [0.15, 0.2) is 18.2 Å². The predicted molar refractivity (Wildman–Crippen MR) is 77.5 cm³/mol. The van der Waals surface area contributed by atoms with Crippen molar-refractivity contribution < 1.29 is 14.3 Å². The number of carbonyl (C=O) groups is 1. The molecule has 1 aromatic carbocycles. The van der Waals surface area contributed by atoms with Gasteiger partial charge < -0.3 is 20.1 Å². The average Bonchev–Trinajstić information content (AvgIpc) is 2.38. The third-order valence-electron chi connectivity index (χ3n) is 3.15. The molecule has 1 aliphatic rings. The molecule has 0 aromatic heterocycles. The zero-order valence-corrected chi connectivity index (χ0v) is 12.2. The van der Waals surface area contributed by atoms with Crippen LogP contribution < -0.4 is 15.4 Å². The number of methoxy groups -OCH3 is 1. The molecule has 1 aliphatic heterocycles. The van der Waals surface area contributed by atoms with Crippen LogP contribution in [0.1, 0.15) is 10.4 Å². The lowest BCUT2D eigenvalue weighted by Crippen LogP contribution is -2.48. The molecular weight excluding hydrogens is 280 g/mol. The highest BCUT2D eigenvalue weighted by Gasteiger charge is 2.19. The number of halogens is 1. The van der Waals surface area contributed by atoms with Gasteiger partial charge in [0, 0.05) is 37.7 Å². The number of carbonyl (C=O) groups excluding carboxylic acids is 1. The minimum Gasteiger partial charge on any atom is -0.490 e. The predicted octanol–water partition coefficient (Wildman–Crippen LogP) is 1.31. The first-order chi connectivity index (χ1) is 9.70. The Hall–Kier alpha value is -1.30. The molecule has 1 fully saturated rings. The van der Waals surface area contributed by atoms with E-state index >= 15 is 0 Å². The van der Waals surface area contributed by atoms with Gasteiger partial charge in [0.1, 0.15) is 12.4 Å². The van der Waals surface area contributed by atoms with E-state index in [2.05, 4.69) is 10.6 Å². The van der Waals surface area contributed by atoms with E-state index in [1.807, 2.05) is 0 Å². The molecule has 1 heterocycles. The maximum atomic E-state index is 12.2. The lowest BCUT2D eigenvalue weighted by molar-refractivity contribution is 0.0934. The summed E-state index contributed by atoms with van der Waals surface area (Å²) in [6.45, 7) is 3.43. The Morgan fingerprint density at radius 1 is 1.45 bits per heavy atom. The Morgan fingerprint density at radius 3 is 2.90 bits per heavy atom. The molecule has 0 aliphatic carbocycles. The van der Waals surface area contributed by atoms with E-state index in [1.165, 1.54) is 0 Å². The largest absolute Gasteiger partial charge is 0.490 e. The van der Waals surface area contributed by atoms with Crippen molar-refractivity contribution in [2.45, 2.75) is 0 Å².